The number of halogens is 1. The highest BCUT2D eigenvalue weighted by atomic mass is 32.2. The number of sulfonamides is 1. The molecule has 0 amide bonds. The average Bonchev–Trinajstić information content (AvgIpc) is 2.86. The Labute approximate surface area is 212 Å². The minimum Gasteiger partial charge on any atom is -0.457 e. The minimum absolute atomic E-state index is 0.0733. The predicted octanol–water partition coefficient (Wildman–Crippen LogP) is 4.78. The summed E-state index contributed by atoms with van der Waals surface area (Å²) in [6.45, 7) is 0. The van der Waals surface area contributed by atoms with Gasteiger partial charge in [0.05, 0.1) is 10.6 Å². The van der Waals surface area contributed by atoms with Crippen molar-refractivity contribution < 1.29 is 22.3 Å². The summed E-state index contributed by atoms with van der Waals surface area (Å²) in [5, 5.41) is 15.0. The zero-order valence-electron chi connectivity index (χ0n) is 19.2. The molecule has 4 aromatic carbocycles. The molecule has 0 aliphatic carbocycles. The molecule has 11 heteroatoms. The molecular formula is C26H22FN5O4S. The summed E-state index contributed by atoms with van der Waals surface area (Å²) in [5.41, 5.74) is 12.1. The molecule has 4 rings (SSSR count). The van der Waals surface area contributed by atoms with E-state index in [1.807, 2.05) is 0 Å². The van der Waals surface area contributed by atoms with E-state index in [1.54, 1.807) is 54.6 Å². The van der Waals surface area contributed by atoms with Crippen molar-refractivity contribution in [1.82, 2.24) is 0 Å². The van der Waals surface area contributed by atoms with E-state index in [0.717, 1.165) is 24.3 Å². The number of ether oxygens (including phenoxy) is 2. The average molecular weight is 520 g/mol. The second-order valence-corrected chi connectivity index (χ2v) is 9.48. The van der Waals surface area contributed by atoms with Crippen molar-refractivity contribution in [3.05, 3.63) is 108 Å². The smallest absolute Gasteiger partial charge is 0.262 e. The SMILES string of the molecule is N=C(N)c1ccc(Oc2ccc(NS(=O)(=O)c3ccc(F)cc3)c(Oc3ccc(C(=N)N)cc3)c2)cc1. The van der Waals surface area contributed by atoms with Crippen LogP contribution in [-0.4, -0.2) is 20.1 Å². The lowest BCUT2D eigenvalue weighted by Gasteiger charge is -2.16. The molecule has 0 spiro atoms. The lowest BCUT2D eigenvalue weighted by atomic mass is 10.2. The molecule has 0 unspecified atom stereocenters. The molecule has 0 aliphatic rings. The third-order valence-electron chi connectivity index (χ3n) is 5.12. The Balaban J connectivity index is 1.66. The van der Waals surface area contributed by atoms with Crippen LogP contribution in [0.5, 0.6) is 23.0 Å². The van der Waals surface area contributed by atoms with E-state index < -0.39 is 15.8 Å². The second kappa shape index (κ2) is 10.4. The largest absolute Gasteiger partial charge is 0.457 e. The standard InChI is InChI=1S/C26H22FN5O4S/c27-18-5-12-22(13-6-18)37(33,34)32-23-14-11-21(35-19-7-1-16(2-8-19)25(28)29)15-24(23)36-20-9-3-17(4-10-20)26(30)31/h1-15,32H,(H3,28,29)(H3,30,31). The van der Waals surface area contributed by atoms with Gasteiger partial charge >= 0.3 is 0 Å². The molecule has 0 aliphatic heterocycles. The number of hydrogen-bond donors (Lipinski definition) is 5. The van der Waals surface area contributed by atoms with Gasteiger partial charge in [0.15, 0.2) is 5.75 Å². The van der Waals surface area contributed by atoms with Crippen LogP contribution < -0.4 is 25.7 Å². The Kier molecular flexibility index (Phi) is 7.07. The van der Waals surface area contributed by atoms with E-state index in [9.17, 15) is 12.8 Å². The van der Waals surface area contributed by atoms with E-state index in [1.165, 1.54) is 12.1 Å². The Morgan fingerprint density at radius 1 is 0.703 bits per heavy atom. The first-order valence-electron chi connectivity index (χ1n) is 10.8. The summed E-state index contributed by atoms with van der Waals surface area (Å²) in [5.74, 6) is 0.544. The molecule has 0 aromatic heterocycles. The van der Waals surface area contributed by atoms with Crippen LogP contribution in [0.3, 0.4) is 0 Å². The highest BCUT2D eigenvalue weighted by Crippen LogP contribution is 2.36. The fraction of sp³-hybridized carbons (Fsp3) is 0. The summed E-state index contributed by atoms with van der Waals surface area (Å²) in [6.07, 6.45) is 0. The van der Waals surface area contributed by atoms with E-state index in [-0.39, 0.29) is 28.0 Å². The molecular weight excluding hydrogens is 497 g/mol. The molecule has 0 saturated heterocycles. The van der Waals surface area contributed by atoms with Crippen LogP contribution in [0.1, 0.15) is 11.1 Å². The molecule has 0 radical (unpaired) electrons. The maximum atomic E-state index is 13.3. The van der Waals surface area contributed by atoms with E-state index >= 15 is 0 Å². The van der Waals surface area contributed by atoms with Gasteiger partial charge < -0.3 is 20.9 Å². The van der Waals surface area contributed by atoms with Crippen molar-refractivity contribution in [3.63, 3.8) is 0 Å². The third-order valence-corrected chi connectivity index (χ3v) is 6.50. The first-order valence-corrected chi connectivity index (χ1v) is 12.3. The molecule has 37 heavy (non-hydrogen) atoms. The minimum atomic E-state index is -4.06. The topological polar surface area (TPSA) is 164 Å². The van der Waals surface area contributed by atoms with Crippen molar-refractivity contribution in [2.75, 3.05) is 4.72 Å². The van der Waals surface area contributed by atoms with Crippen molar-refractivity contribution >= 4 is 27.4 Å². The van der Waals surface area contributed by atoms with Gasteiger partial charge in [0.2, 0.25) is 0 Å². The zero-order valence-corrected chi connectivity index (χ0v) is 20.1. The van der Waals surface area contributed by atoms with Gasteiger partial charge in [0, 0.05) is 17.2 Å². The van der Waals surface area contributed by atoms with Gasteiger partial charge in [-0.2, -0.15) is 0 Å². The second-order valence-electron chi connectivity index (χ2n) is 7.80. The fourth-order valence-corrected chi connectivity index (χ4v) is 4.29. The summed E-state index contributed by atoms with van der Waals surface area (Å²) in [6, 6.07) is 21.8. The number of nitrogens with one attached hydrogen (secondary N) is 3. The Morgan fingerprint density at radius 3 is 1.70 bits per heavy atom. The van der Waals surface area contributed by atoms with Gasteiger partial charge in [-0.1, -0.05) is 0 Å². The number of nitrogens with two attached hydrogens (primary N) is 2. The lowest BCUT2D eigenvalue weighted by Crippen LogP contribution is -2.13. The van der Waals surface area contributed by atoms with Crippen molar-refractivity contribution in [1.29, 1.82) is 10.8 Å². The quantitative estimate of drug-likeness (QED) is 0.158. The molecule has 188 valence electrons. The van der Waals surface area contributed by atoms with Gasteiger partial charge in [-0.05, 0) is 84.9 Å². The molecule has 9 nitrogen and oxygen atoms in total. The van der Waals surface area contributed by atoms with E-state index in [0.29, 0.717) is 28.4 Å². The van der Waals surface area contributed by atoms with Crippen molar-refractivity contribution in [2.45, 2.75) is 4.90 Å². The highest BCUT2D eigenvalue weighted by molar-refractivity contribution is 7.92. The normalized spacial score (nSPS) is 10.9. The number of rotatable bonds is 9. The number of anilines is 1. The lowest BCUT2D eigenvalue weighted by molar-refractivity contribution is 0.461. The Bertz CT molecular complexity index is 1560. The third kappa shape index (κ3) is 6.21. The maximum Gasteiger partial charge on any atom is 0.262 e. The highest BCUT2D eigenvalue weighted by Gasteiger charge is 2.18. The van der Waals surface area contributed by atoms with Crippen LogP contribution in [0.15, 0.2) is 95.9 Å². The van der Waals surface area contributed by atoms with Crippen LogP contribution >= 0.6 is 0 Å². The molecule has 0 bridgehead atoms. The van der Waals surface area contributed by atoms with Crippen LogP contribution in [0.4, 0.5) is 10.1 Å². The molecule has 4 aromatic rings. The Hall–Kier alpha value is -4.90. The number of nitrogen functional groups attached to an aromatic ring is 2. The van der Waals surface area contributed by atoms with Gasteiger partial charge in [-0.15, -0.1) is 0 Å². The zero-order chi connectivity index (χ0) is 26.6. The monoisotopic (exact) mass is 519 g/mol. The van der Waals surface area contributed by atoms with E-state index in [2.05, 4.69) is 4.72 Å². The summed E-state index contributed by atoms with van der Waals surface area (Å²) in [4.78, 5) is -0.128. The first-order chi connectivity index (χ1) is 17.6. The van der Waals surface area contributed by atoms with E-state index in [4.69, 9.17) is 31.8 Å². The molecule has 0 atom stereocenters. The van der Waals surface area contributed by atoms with Crippen LogP contribution in [0.25, 0.3) is 0 Å². The molecule has 0 fully saturated rings. The molecule has 7 N–H and O–H groups in total. The summed E-state index contributed by atoms with van der Waals surface area (Å²) in [7, 11) is -4.06. The van der Waals surface area contributed by atoms with Crippen LogP contribution in [0, 0.1) is 16.6 Å². The maximum absolute atomic E-state index is 13.3. The summed E-state index contributed by atoms with van der Waals surface area (Å²) >= 11 is 0. The molecule has 0 saturated carbocycles. The van der Waals surface area contributed by atoms with Crippen LogP contribution in [-0.2, 0) is 10.0 Å². The van der Waals surface area contributed by atoms with Crippen molar-refractivity contribution in [3.8, 4) is 23.0 Å². The fourth-order valence-electron chi connectivity index (χ4n) is 3.22. The van der Waals surface area contributed by atoms with Gasteiger partial charge in [-0.3, -0.25) is 15.5 Å². The summed E-state index contributed by atoms with van der Waals surface area (Å²) < 4.78 is 53.4. The Morgan fingerprint density at radius 2 is 1.19 bits per heavy atom. The van der Waals surface area contributed by atoms with Gasteiger partial charge in [0.25, 0.3) is 10.0 Å². The first kappa shape index (κ1) is 25.2. The van der Waals surface area contributed by atoms with Gasteiger partial charge in [0.1, 0.15) is 34.7 Å². The number of hydrogen-bond acceptors (Lipinski definition) is 6. The van der Waals surface area contributed by atoms with Gasteiger partial charge in [-0.25, -0.2) is 12.8 Å². The number of amidine groups is 2. The number of benzene rings is 4. The molecule has 0 heterocycles. The predicted molar refractivity (Wildman–Crippen MR) is 139 cm³/mol. The van der Waals surface area contributed by atoms with Crippen molar-refractivity contribution in [2.24, 2.45) is 11.5 Å². The van der Waals surface area contributed by atoms with Crippen LogP contribution in [0.2, 0.25) is 0 Å².